The van der Waals surface area contributed by atoms with E-state index in [9.17, 15) is 9.59 Å². The zero-order valence-electron chi connectivity index (χ0n) is 11.6. The van der Waals surface area contributed by atoms with Gasteiger partial charge in [0.05, 0.1) is 6.54 Å². The largest absolute Gasteiger partial charge is 0.383 e. The van der Waals surface area contributed by atoms with Crippen LogP contribution in [-0.2, 0) is 13.1 Å². The van der Waals surface area contributed by atoms with Gasteiger partial charge in [-0.3, -0.25) is 14.3 Å². The Bertz CT molecular complexity index is 735. The van der Waals surface area contributed by atoms with Crippen molar-refractivity contribution in [3.05, 3.63) is 41.6 Å². The summed E-state index contributed by atoms with van der Waals surface area (Å²) in [6.07, 6.45) is 1.77. The molecule has 4 N–H and O–H groups in total. The van der Waals surface area contributed by atoms with Gasteiger partial charge in [0.25, 0.3) is 5.56 Å². The summed E-state index contributed by atoms with van der Waals surface area (Å²) < 4.78 is 2.38. The molecule has 2 rings (SSSR count). The molecule has 0 aliphatic rings. The predicted molar refractivity (Wildman–Crippen MR) is 90.0 cm³/mol. The Hall–Kier alpha value is -1.54. The van der Waals surface area contributed by atoms with Crippen LogP contribution in [0.1, 0.15) is 24.6 Å². The van der Waals surface area contributed by atoms with Gasteiger partial charge in [-0.05, 0) is 33.8 Å². The van der Waals surface area contributed by atoms with Crippen LogP contribution < -0.4 is 22.3 Å². The van der Waals surface area contributed by atoms with Gasteiger partial charge in [-0.2, -0.15) is 0 Å². The van der Waals surface area contributed by atoms with E-state index in [4.69, 9.17) is 5.73 Å². The quantitative estimate of drug-likeness (QED) is 0.725. The lowest BCUT2D eigenvalue weighted by Gasteiger charge is -2.13. The monoisotopic (exact) mass is 372 g/mol. The third kappa shape index (κ3) is 3.56. The number of rotatable bonds is 6. The molecule has 0 fully saturated rings. The molecule has 0 aliphatic carbocycles. The molecule has 6 nitrogen and oxygen atoms in total. The van der Waals surface area contributed by atoms with Crippen molar-refractivity contribution in [3.8, 4) is 0 Å². The van der Waals surface area contributed by atoms with Gasteiger partial charge >= 0.3 is 5.69 Å². The number of nitrogen functional groups attached to an aromatic ring is 1. The Morgan fingerprint density at radius 1 is 1.48 bits per heavy atom. The molecule has 0 atom stereocenters. The Morgan fingerprint density at radius 3 is 2.86 bits per heavy atom. The van der Waals surface area contributed by atoms with Gasteiger partial charge in [0.2, 0.25) is 0 Å². The maximum Gasteiger partial charge on any atom is 0.330 e. The second kappa shape index (κ2) is 6.95. The highest BCUT2D eigenvalue weighted by Gasteiger charge is 2.12. The van der Waals surface area contributed by atoms with E-state index in [1.54, 1.807) is 11.3 Å². The molecule has 8 heteroatoms. The summed E-state index contributed by atoms with van der Waals surface area (Å²) in [5.74, 6) is 0.185. The Kier molecular flexibility index (Phi) is 5.24. The molecule has 0 radical (unpaired) electrons. The van der Waals surface area contributed by atoms with Gasteiger partial charge in [0.1, 0.15) is 11.5 Å². The fourth-order valence-electron chi connectivity index (χ4n) is 1.92. The first-order valence-corrected chi connectivity index (χ1v) is 8.30. The summed E-state index contributed by atoms with van der Waals surface area (Å²) >= 11 is 5.01. The normalized spacial score (nSPS) is 10.8. The molecule has 0 aliphatic heterocycles. The summed E-state index contributed by atoms with van der Waals surface area (Å²) in [7, 11) is 0. The van der Waals surface area contributed by atoms with Crippen molar-refractivity contribution in [3.63, 3.8) is 0 Å². The first-order chi connectivity index (χ1) is 10.0. The third-order valence-electron chi connectivity index (χ3n) is 3.09. The van der Waals surface area contributed by atoms with Crippen LogP contribution in [0.2, 0.25) is 0 Å². The van der Waals surface area contributed by atoms with Gasteiger partial charge in [0, 0.05) is 15.9 Å². The minimum absolute atomic E-state index is 0.185. The molecule has 2 aromatic heterocycles. The second-order valence-electron chi connectivity index (χ2n) is 4.57. The molecule has 0 unspecified atom stereocenters. The van der Waals surface area contributed by atoms with Gasteiger partial charge in [-0.25, -0.2) is 4.79 Å². The van der Waals surface area contributed by atoms with Crippen LogP contribution in [0.25, 0.3) is 0 Å². The van der Waals surface area contributed by atoms with Crippen LogP contribution in [0.5, 0.6) is 0 Å². The summed E-state index contributed by atoms with van der Waals surface area (Å²) in [6, 6.07) is 1.94. The number of nitrogens with two attached hydrogens (primary N) is 1. The lowest BCUT2D eigenvalue weighted by Crippen LogP contribution is -2.34. The number of unbranched alkanes of at least 4 members (excludes halogenated alkanes) is 1. The van der Waals surface area contributed by atoms with Crippen LogP contribution in [0.4, 0.5) is 11.5 Å². The van der Waals surface area contributed by atoms with Crippen LogP contribution >= 0.6 is 27.3 Å². The zero-order chi connectivity index (χ0) is 15.4. The number of hydrogen-bond acceptors (Lipinski definition) is 5. The molecule has 0 bridgehead atoms. The second-order valence-corrected chi connectivity index (χ2v) is 6.42. The first-order valence-electron chi connectivity index (χ1n) is 6.63. The highest BCUT2D eigenvalue weighted by molar-refractivity contribution is 9.10. The lowest BCUT2D eigenvalue weighted by molar-refractivity contribution is 0.605. The molecule has 2 heterocycles. The van der Waals surface area contributed by atoms with Crippen molar-refractivity contribution in [1.29, 1.82) is 0 Å². The highest BCUT2D eigenvalue weighted by atomic mass is 79.9. The number of nitrogens with zero attached hydrogens (tertiary/aromatic N) is 1. The number of hydrogen-bond donors (Lipinski definition) is 3. The molecular formula is C13H17BrN4O2S. The van der Waals surface area contributed by atoms with Crippen LogP contribution in [-0.4, -0.2) is 9.55 Å². The van der Waals surface area contributed by atoms with E-state index in [0.717, 1.165) is 22.2 Å². The highest BCUT2D eigenvalue weighted by Crippen LogP contribution is 2.23. The van der Waals surface area contributed by atoms with Crippen molar-refractivity contribution in [2.24, 2.45) is 0 Å². The average molecular weight is 373 g/mol. The molecule has 114 valence electrons. The van der Waals surface area contributed by atoms with Crippen molar-refractivity contribution < 1.29 is 0 Å². The van der Waals surface area contributed by atoms with Gasteiger partial charge in [-0.15, -0.1) is 11.3 Å². The van der Waals surface area contributed by atoms with E-state index >= 15 is 0 Å². The molecule has 0 saturated heterocycles. The maximum atomic E-state index is 11.9. The van der Waals surface area contributed by atoms with Gasteiger partial charge in [0.15, 0.2) is 0 Å². The van der Waals surface area contributed by atoms with E-state index < -0.39 is 11.2 Å². The smallest absolute Gasteiger partial charge is 0.330 e. The number of anilines is 2. The molecule has 0 aromatic carbocycles. The fourth-order valence-corrected chi connectivity index (χ4v) is 3.35. The van der Waals surface area contributed by atoms with E-state index in [2.05, 4.69) is 26.2 Å². The minimum atomic E-state index is -0.488. The molecule has 0 amide bonds. The maximum absolute atomic E-state index is 11.9. The molecule has 0 spiro atoms. The molecule has 0 saturated carbocycles. The Morgan fingerprint density at radius 2 is 2.24 bits per heavy atom. The van der Waals surface area contributed by atoms with Crippen LogP contribution in [0.15, 0.2) is 25.5 Å². The number of H-pyrrole nitrogens is 1. The van der Waals surface area contributed by atoms with Gasteiger partial charge < -0.3 is 11.1 Å². The Labute approximate surface area is 134 Å². The average Bonchev–Trinajstić information content (AvgIpc) is 2.84. The molecular weight excluding hydrogens is 356 g/mol. The van der Waals surface area contributed by atoms with Gasteiger partial charge in [-0.1, -0.05) is 13.3 Å². The number of halogens is 1. The summed E-state index contributed by atoms with van der Waals surface area (Å²) in [5.41, 5.74) is 5.26. The van der Waals surface area contributed by atoms with E-state index in [1.165, 1.54) is 4.57 Å². The first kappa shape index (κ1) is 15.8. The lowest BCUT2D eigenvalue weighted by atomic mass is 10.3. The van der Waals surface area contributed by atoms with Crippen LogP contribution in [0, 0.1) is 0 Å². The Balaban J connectivity index is 2.28. The SMILES string of the molecule is CCCCn1c(N)c(NCc2sccc2Br)c(=O)[nH]c1=O. The summed E-state index contributed by atoms with van der Waals surface area (Å²) in [5, 5.41) is 4.98. The standard InChI is InChI=1S/C13H17BrN4O2S/c1-2-3-5-18-11(15)10(12(19)17-13(18)20)16-7-9-8(14)4-6-21-9/h4,6,16H,2-3,5,7,15H2,1H3,(H,17,19,20). The number of aromatic nitrogens is 2. The summed E-state index contributed by atoms with van der Waals surface area (Å²) in [6.45, 7) is 2.99. The van der Waals surface area contributed by atoms with E-state index in [1.807, 2.05) is 18.4 Å². The van der Waals surface area contributed by atoms with Crippen molar-refractivity contribution in [1.82, 2.24) is 9.55 Å². The van der Waals surface area contributed by atoms with Crippen LogP contribution in [0.3, 0.4) is 0 Å². The van der Waals surface area contributed by atoms with Crippen molar-refractivity contribution >= 4 is 38.8 Å². The molecule has 21 heavy (non-hydrogen) atoms. The fraction of sp³-hybridized carbons (Fsp3) is 0.385. The number of thiophene rings is 1. The minimum Gasteiger partial charge on any atom is -0.383 e. The van der Waals surface area contributed by atoms with E-state index in [0.29, 0.717) is 13.1 Å². The van der Waals surface area contributed by atoms with Crippen molar-refractivity contribution in [2.45, 2.75) is 32.9 Å². The van der Waals surface area contributed by atoms with E-state index in [-0.39, 0.29) is 11.5 Å². The van der Waals surface area contributed by atoms with Crippen molar-refractivity contribution in [2.75, 3.05) is 11.1 Å². The number of nitrogens with one attached hydrogen (secondary N) is 2. The molecule has 2 aromatic rings. The zero-order valence-corrected chi connectivity index (χ0v) is 14.0. The predicted octanol–water partition coefficient (Wildman–Crippen LogP) is 2.35. The third-order valence-corrected chi connectivity index (χ3v) is 5.02. The number of aromatic amines is 1. The topological polar surface area (TPSA) is 92.9 Å². The summed E-state index contributed by atoms with van der Waals surface area (Å²) in [4.78, 5) is 27.1.